The molecule has 3 aliphatic rings. The lowest BCUT2D eigenvalue weighted by Gasteiger charge is -2.45. The molecule has 2 aliphatic carbocycles. The van der Waals surface area contributed by atoms with Gasteiger partial charge in [0.1, 0.15) is 6.10 Å². The van der Waals surface area contributed by atoms with Crippen molar-refractivity contribution in [1.29, 1.82) is 0 Å². The second-order valence-corrected chi connectivity index (χ2v) is 19.8. The van der Waals surface area contributed by atoms with E-state index in [2.05, 4.69) is 61.6 Å². The summed E-state index contributed by atoms with van der Waals surface area (Å²) in [5.74, 6) is 0.154. The summed E-state index contributed by atoms with van der Waals surface area (Å²) in [6.45, 7) is 20.4. The van der Waals surface area contributed by atoms with Gasteiger partial charge >= 0.3 is 6.18 Å². The predicted molar refractivity (Wildman–Crippen MR) is 156 cm³/mol. The maximum absolute atomic E-state index is 13.4. The Kier molecular flexibility index (Phi) is 7.20. The van der Waals surface area contributed by atoms with Gasteiger partial charge in [0.2, 0.25) is 0 Å². The quantitative estimate of drug-likeness (QED) is 0.341. The fourth-order valence-corrected chi connectivity index (χ4v) is 8.13. The Morgan fingerprint density at radius 3 is 2.12 bits per heavy atom. The Morgan fingerprint density at radius 2 is 1.60 bits per heavy atom. The minimum Gasteiger partial charge on any atom is -0.410 e. The van der Waals surface area contributed by atoms with E-state index >= 15 is 0 Å². The molecule has 1 fully saturated rings. The number of hydrogen-bond donors (Lipinski definition) is 0. The molecular formula is C33H46F3NO2Si. The Balaban J connectivity index is 1.75. The van der Waals surface area contributed by atoms with Crippen LogP contribution < -0.4 is 0 Å². The fraction of sp³-hybridized carbons (Fsp3) is 0.667. The molecular weight excluding hydrogens is 527 g/mol. The third-order valence-electron chi connectivity index (χ3n) is 9.89. The number of benzene rings is 1. The van der Waals surface area contributed by atoms with Crippen LogP contribution in [0.15, 0.2) is 24.3 Å². The molecule has 0 unspecified atom stereocenters. The molecule has 1 aromatic carbocycles. The highest BCUT2D eigenvalue weighted by atomic mass is 28.4. The van der Waals surface area contributed by atoms with Gasteiger partial charge in [-0.1, -0.05) is 73.4 Å². The van der Waals surface area contributed by atoms with Crippen LogP contribution in [0.25, 0.3) is 0 Å². The van der Waals surface area contributed by atoms with Gasteiger partial charge in [-0.05, 0) is 78.4 Å². The number of hydrogen-bond acceptors (Lipinski definition) is 3. The van der Waals surface area contributed by atoms with E-state index < -0.39 is 31.8 Å². The van der Waals surface area contributed by atoms with Gasteiger partial charge in [0, 0.05) is 22.5 Å². The first-order valence-corrected chi connectivity index (χ1v) is 17.9. The summed E-state index contributed by atoms with van der Waals surface area (Å²) >= 11 is 0. The fourth-order valence-electron chi connectivity index (χ4n) is 6.86. The monoisotopic (exact) mass is 573 g/mol. The van der Waals surface area contributed by atoms with Crippen LogP contribution in [0, 0.1) is 5.41 Å². The Hall–Kier alpha value is -1.70. The zero-order valence-corrected chi connectivity index (χ0v) is 26.7. The van der Waals surface area contributed by atoms with Gasteiger partial charge in [0.25, 0.3) is 0 Å². The van der Waals surface area contributed by atoms with Gasteiger partial charge in [-0.25, -0.2) is 0 Å². The molecule has 1 saturated carbocycles. The van der Waals surface area contributed by atoms with E-state index in [1.165, 1.54) is 23.3 Å². The summed E-state index contributed by atoms with van der Waals surface area (Å²) in [5, 5.41) is 0.0630. The minimum atomic E-state index is -4.37. The van der Waals surface area contributed by atoms with E-state index in [9.17, 15) is 13.2 Å². The first-order valence-electron chi connectivity index (χ1n) is 15.0. The van der Waals surface area contributed by atoms with E-state index in [1.54, 1.807) is 12.1 Å². The first-order chi connectivity index (χ1) is 18.4. The standard InChI is InChI=1S/C33H46F3NO2Si/c1-20(2)28-26-27(25-23(37-28)18-31(6,7)19-24(25)39-40(8,9)30(3,4)5)32(16-10-11-17-32)38-29(26)21-12-14-22(15-13-21)33(34,35)36/h12-15,20,24,29H,10-11,16-19H2,1-9H3/t24-,29+/m0/s1. The molecule has 7 heteroatoms. The molecule has 2 atom stereocenters. The van der Waals surface area contributed by atoms with Crippen molar-refractivity contribution in [2.45, 2.75) is 135 Å². The van der Waals surface area contributed by atoms with Crippen molar-refractivity contribution in [3.8, 4) is 0 Å². The van der Waals surface area contributed by atoms with Crippen molar-refractivity contribution in [1.82, 2.24) is 4.98 Å². The zero-order chi connectivity index (χ0) is 29.5. The molecule has 0 amide bonds. The average Bonchev–Trinajstić information content (AvgIpc) is 3.41. The van der Waals surface area contributed by atoms with Crippen LogP contribution in [-0.4, -0.2) is 13.3 Å². The van der Waals surface area contributed by atoms with E-state index in [-0.39, 0.29) is 22.5 Å². The predicted octanol–water partition coefficient (Wildman–Crippen LogP) is 10.1. The van der Waals surface area contributed by atoms with Crippen LogP contribution in [0.1, 0.15) is 138 Å². The maximum atomic E-state index is 13.4. The van der Waals surface area contributed by atoms with Crippen molar-refractivity contribution in [2.24, 2.45) is 5.41 Å². The summed E-state index contributed by atoms with van der Waals surface area (Å²) in [6, 6.07) is 5.57. The molecule has 2 aromatic rings. The Morgan fingerprint density at radius 1 is 1.00 bits per heavy atom. The lowest BCUT2D eigenvalue weighted by Crippen LogP contribution is -2.44. The first kappa shape index (κ1) is 29.8. The summed E-state index contributed by atoms with van der Waals surface area (Å²) in [7, 11) is -2.12. The summed E-state index contributed by atoms with van der Waals surface area (Å²) in [5.41, 5.74) is 5.43. The lowest BCUT2D eigenvalue weighted by molar-refractivity contribution is -0.137. The van der Waals surface area contributed by atoms with Crippen LogP contribution in [0.5, 0.6) is 0 Å². The third kappa shape index (κ3) is 5.09. The number of fused-ring (bicyclic) bond motifs is 4. The largest absolute Gasteiger partial charge is 0.416 e. The van der Waals surface area contributed by atoms with Gasteiger partial charge in [-0.3, -0.25) is 4.98 Å². The number of ether oxygens (including phenoxy) is 1. The van der Waals surface area contributed by atoms with Crippen LogP contribution in [-0.2, 0) is 27.4 Å². The van der Waals surface area contributed by atoms with Crippen LogP contribution in [0.4, 0.5) is 13.2 Å². The Bertz CT molecular complexity index is 1270. The maximum Gasteiger partial charge on any atom is 0.416 e. The lowest BCUT2D eigenvalue weighted by atomic mass is 9.70. The molecule has 5 rings (SSSR count). The van der Waals surface area contributed by atoms with Crippen LogP contribution in [0.2, 0.25) is 18.1 Å². The van der Waals surface area contributed by atoms with Gasteiger partial charge in [0.15, 0.2) is 8.32 Å². The summed E-state index contributed by atoms with van der Waals surface area (Å²) < 4.78 is 54.6. The number of alkyl halides is 3. The summed E-state index contributed by atoms with van der Waals surface area (Å²) in [4.78, 5) is 5.39. The molecule has 2 heterocycles. The topological polar surface area (TPSA) is 31.4 Å². The highest BCUT2D eigenvalue weighted by molar-refractivity contribution is 6.74. The second kappa shape index (κ2) is 9.67. The van der Waals surface area contributed by atoms with Crippen molar-refractivity contribution < 1.29 is 22.3 Å². The minimum absolute atomic E-state index is 0.0463. The van der Waals surface area contributed by atoms with E-state index in [0.29, 0.717) is 0 Å². The number of halogens is 3. The van der Waals surface area contributed by atoms with E-state index in [4.69, 9.17) is 14.1 Å². The van der Waals surface area contributed by atoms with E-state index in [1.807, 2.05) is 0 Å². The zero-order valence-electron chi connectivity index (χ0n) is 25.7. The number of rotatable bonds is 4. The number of pyridine rings is 1. The van der Waals surface area contributed by atoms with Gasteiger partial charge < -0.3 is 9.16 Å². The smallest absolute Gasteiger partial charge is 0.410 e. The second-order valence-electron chi connectivity index (χ2n) is 15.0. The van der Waals surface area contributed by atoms with Crippen LogP contribution in [0.3, 0.4) is 0 Å². The normalized spacial score (nSPS) is 24.0. The van der Waals surface area contributed by atoms with Crippen molar-refractivity contribution in [3.63, 3.8) is 0 Å². The molecule has 220 valence electrons. The molecule has 0 radical (unpaired) electrons. The summed E-state index contributed by atoms with van der Waals surface area (Å²) in [6.07, 6.45) is 0.909. The molecule has 40 heavy (non-hydrogen) atoms. The third-order valence-corrected chi connectivity index (χ3v) is 14.4. The average molecular weight is 574 g/mol. The molecule has 0 saturated heterocycles. The Labute approximate surface area is 239 Å². The molecule has 3 nitrogen and oxygen atoms in total. The molecule has 1 spiro atoms. The van der Waals surface area contributed by atoms with Gasteiger partial charge in [-0.15, -0.1) is 0 Å². The van der Waals surface area contributed by atoms with Crippen molar-refractivity contribution in [3.05, 3.63) is 63.5 Å². The van der Waals surface area contributed by atoms with Crippen molar-refractivity contribution in [2.75, 3.05) is 0 Å². The van der Waals surface area contributed by atoms with E-state index in [0.717, 1.165) is 61.0 Å². The number of aromatic nitrogens is 1. The van der Waals surface area contributed by atoms with Gasteiger partial charge in [-0.2, -0.15) is 13.2 Å². The molecule has 1 aliphatic heterocycles. The molecule has 0 bridgehead atoms. The molecule has 0 N–H and O–H groups in total. The highest BCUT2D eigenvalue weighted by Crippen LogP contribution is 2.60. The highest BCUT2D eigenvalue weighted by Gasteiger charge is 2.54. The van der Waals surface area contributed by atoms with Crippen molar-refractivity contribution >= 4 is 8.32 Å². The van der Waals surface area contributed by atoms with Gasteiger partial charge in [0.05, 0.1) is 17.3 Å². The SMILES string of the molecule is CC(C)c1nc2c(c3c1[C@@H](c1ccc(C(F)(F)F)cc1)OC31CCCC1)[C@@H](O[Si](C)(C)C(C)(C)C)CC(C)(C)C2. The number of nitrogens with zero attached hydrogens (tertiary/aromatic N) is 1. The molecule has 1 aromatic heterocycles. The van der Waals surface area contributed by atoms with Crippen LogP contribution >= 0.6 is 0 Å².